The number of hydrogen-bond donors (Lipinski definition) is 1. The molecule has 0 atom stereocenters. The van der Waals surface area contributed by atoms with Crippen LogP contribution < -0.4 is 10.1 Å². The molecule has 1 heterocycles. The molecule has 0 saturated heterocycles. The van der Waals surface area contributed by atoms with Crippen molar-refractivity contribution in [1.29, 1.82) is 0 Å². The lowest BCUT2D eigenvalue weighted by molar-refractivity contribution is 0.211. The molecule has 20 heavy (non-hydrogen) atoms. The van der Waals surface area contributed by atoms with Crippen molar-refractivity contribution in [3.8, 4) is 16.2 Å². The van der Waals surface area contributed by atoms with E-state index in [2.05, 4.69) is 22.4 Å². The molecule has 4 nitrogen and oxygen atoms in total. The van der Waals surface area contributed by atoms with Gasteiger partial charge in [0, 0.05) is 19.9 Å². The molecule has 1 aromatic heterocycles. The van der Waals surface area contributed by atoms with E-state index in [-0.39, 0.29) is 6.10 Å². The molecule has 5 heteroatoms. The molecule has 2 rings (SSSR count). The number of thiazole rings is 1. The van der Waals surface area contributed by atoms with Crippen LogP contribution in [0.25, 0.3) is 10.4 Å². The van der Waals surface area contributed by atoms with Crippen molar-refractivity contribution in [2.45, 2.75) is 20.0 Å². The van der Waals surface area contributed by atoms with Gasteiger partial charge in [-0.25, -0.2) is 4.98 Å². The van der Waals surface area contributed by atoms with E-state index in [0.717, 1.165) is 27.9 Å². The summed E-state index contributed by atoms with van der Waals surface area (Å²) in [4.78, 5) is 5.50. The van der Waals surface area contributed by atoms with Gasteiger partial charge in [0.15, 0.2) is 5.13 Å². The fourth-order valence-corrected chi connectivity index (χ4v) is 2.57. The van der Waals surface area contributed by atoms with E-state index in [1.165, 1.54) is 0 Å². The summed E-state index contributed by atoms with van der Waals surface area (Å²) in [5.74, 6) is 0.895. The number of hydrogen-bond acceptors (Lipinski definition) is 5. The summed E-state index contributed by atoms with van der Waals surface area (Å²) in [6.07, 6.45) is 2.08. The topological polar surface area (TPSA) is 43.4 Å². The predicted octanol–water partition coefficient (Wildman–Crippen LogP) is 3.66. The Morgan fingerprint density at radius 3 is 2.65 bits per heavy atom. The Morgan fingerprint density at radius 2 is 2.00 bits per heavy atom. The van der Waals surface area contributed by atoms with Crippen LogP contribution in [-0.2, 0) is 4.74 Å². The van der Waals surface area contributed by atoms with Crippen LogP contribution in [0.1, 0.15) is 13.8 Å². The highest BCUT2D eigenvalue weighted by Crippen LogP contribution is 2.30. The second kappa shape index (κ2) is 7.26. The average molecular weight is 292 g/mol. The molecule has 1 N–H and O–H groups in total. The number of rotatable bonds is 7. The molecular weight excluding hydrogens is 272 g/mol. The van der Waals surface area contributed by atoms with Crippen LogP contribution in [0.15, 0.2) is 30.5 Å². The smallest absolute Gasteiger partial charge is 0.183 e. The van der Waals surface area contributed by atoms with Crippen LogP contribution in [0.5, 0.6) is 5.75 Å². The third kappa shape index (κ3) is 4.21. The molecule has 0 aliphatic carbocycles. The summed E-state index contributed by atoms with van der Waals surface area (Å²) in [7, 11) is 1.69. The number of aromatic nitrogens is 1. The third-order valence-corrected chi connectivity index (χ3v) is 3.60. The molecule has 0 aliphatic rings. The van der Waals surface area contributed by atoms with Crippen molar-refractivity contribution in [3.05, 3.63) is 30.5 Å². The lowest BCUT2D eigenvalue weighted by Gasteiger charge is -2.09. The maximum Gasteiger partial charge on any atom is 0.183 e. The van der Waals surface area contributed by atoms with Gasteiger partial charge in [-0.2, -0.15) is 0 Å². The minimum atomic E-state index is 0.195. The number of nitrogens with zero attached hydrogens (tertiary/aromatic N) is 1. The monoisotopic (exact) mass is 292 g/mol. The van der Waals surface area contributed by atoms with Gasteiger partial charge in [0.25, 0.3) is 0 Å². The summed E-state index contributed by atoms with van der Waals surface area (Å²) in [6.45, 7) is 5.49. The van der Waals surface area contributed by atoms with E-state index in [1.807, 2.05) is 32.2 Å². The first kappa shape index (κ1) is 14.8. The highest BCUT2D eigenvalue weighted by molar-refractivity contribution is 7.18. The molecule has 0 fully saturated rings. The lowest BCUT2D eigenvalue weighted by atomic mass is 10.2. The van der Waals surface area contributed by atoms with Crippen LogP contribution in [-0.4, -0.2) is 31.3 Å². The van der Waals surface area contributed by atoms with Crippen molar-refractivity contribution < 1.29 is 9.47 Å². The summed E-state index contributed by atoms with van der Waals surface area (Å²) in [6, 6.07) is 8.11. The van der Waals surface area contributed by atoms with E-state index >= 15 is 0 Å². The van der Waals surface area contributed by atoms with Gasteiger partial charge < -0.3 is 14.8 Å². The molecule has 0 radical (unpaired) electrons. The number of methoxy groups -OCH3 is 1. The zero-order chi connectivity index (χ0) is 14.4. The van der Waals surface area contributed by atoms with Gasteiger partial charge >= 0.3 is 0 Å². The Kier molecular flexibility index (Phi) is 5.38. The molecule has 0 spiro atoms. The minimum absolute atomic E-state index is 0.195. The summed E-state index contributed by atoms with van der Waals surface area (Å²) < 4.78 is 10.6. The van der Waals surface area contributed by atoms with E-state index in [0.29, 0.717) is 6.61 Å². The van der Waals surface area contributed by atoms with Crippen molar-refractivity contribution >= 4 is 16.5 Å². The van der Waals surface area contributed by atoms with Crippen molar-refractivity contribution in [2.24, 2.45) is 0 Å². The zero-order valence-corrected chi connectivity index (χ0v) is 12.9. The first-order valence-electron chi connectivity index (χ1n) is 6.65. The van der Waals surface area contributed by atoms with E-state index < -0.39 is 0 Å². The second-order valence-corrected chi connectivity index (χ2v) is 5.67. The summed E-state index contributed by atoms with van der Waals surface area (Å²) in [5.41, 5.74) is 1.15. The quantitative estimate of drug-likeness (QED) is 0.791. The lowest BCUT2D eigenvalue weighted by Crippen LogP contribution is -2.06. The Hall–Kier alpha value is -1.59. The minimum Gasteiger partial charge on any atom is -0.491 e. The number of benzene rings is 1. The molecular formula is C15H20N2O2S. The molecule has 2 aromatic rings. The van der Waals surface area contributed by atoms with Crippen molar-refractivity contribution in [1.82, 2.24) is 4.98 Å². The van der Waals surface area contributed by atoms with Crippen molar-refractivity contribution in [3.63, 3.8) is 0 Å². The maximum atomic E-state index is 5.64. The summed E-state index contributed by atoms with van der Waals surface area (Å²) in [5, 5.41) is 4.15. The molecule has 0 unspecified atom stereocenters. The van der Waals surface area contributed by atoms with Gasteiger partial charge in [-0.1, -0.05) is 11.3 Å². The van der Waals surface area contributed by atoms with E-state index in [4.69, 9.17) is 9.47 Å². The molecule has 0 saturated carbocycles. The average Bonchev–Trinajstić information content (AvgIpc) is 2.88. The van der Waals surface area contributed by atoms with Crippen LogP contribution in [0.3, 0.4) is 0 Å². The van der Waals surface area contributed by atoms with Crippen LogP contribution in [0.2, 0.25) is 0 Å². The van der Waals surface area contributed by atoms with Gasteiger partial charge in [0.2, 0.25) is 0 Å². The van der Waals surface area contributed by atoms with Gasteiger partial charge in [-0.15, -0.1) is 0 Å². The van der Waals surface area contributed by atoms with Crippen molar-refractivity contribution in [2.75, 3.05) is 25.6 Å². The molecule has 1 aromatic carbocycles. The van der Waals surface area contributed by atoms with E-state index in [1.54, 1.807) is 18.4 Å². The molecule has 0 aliphatic heterocycles. The Labute approximate surface area is 123 Å². The van der Waals surface area contributed by atoms with E-state index in [9.17, 15) is 0 Å². The predicted molar refractivity (Wildman–Crippen MR) is 83.7 cm³/mol. The highest BCUT2D eigenvalue weighted by atomic mass is 32.1. The highest BCUT2D eigenvalue weighted by Gasteiger charge is 2.05. The largest absolute Gasteiger partial charge is 0.491 e. The Balaban J connectivity index is 2.00. The van der Waals surface area contributed by atoms with Crippen LogP contribution in [0.4, 0.5) is 5.13 Å². The van der Waals surface area contributed by atoms with Gasteiger partial charge in [-0.05, 0) is 43.7 Å². The molecule has 108 valence electrons. The van der Waals surface area contributed by atoms with Crippen LogP contribution in [0, 0.1) is 0 Å². The molecule has 0 bridgehead atoms. The summed E-state index contributed by atoms with van der Waals surface area (Å²) >= 11 is 1.64. The third-order valence-electron chi connectivity index (χ3n) is 2.60. The standard InChI is InChI=1S/C15H20N2O2S/c1-11(2)19-13-6-4-12(5-7-13)14-10-17-15(20-14)16-8-9-18-3/h4-7,10-11H,8-9H2,1-3H3,(H,16,17). The fourth-order valence-electron chi connectivity index (χ4n) is 1.72. The van der Waals surface area contributed by atoms with Crippen LogP contribution >= 0.6 is 11.3 Å². The van der Waals surface area contributed by atoms with Gasteiger partial charge in [-0.3, -0.25) is 0 Å². The van der Waals surface area contributed by atoms with Gasteiger partial charge in [0.05, 0.1) is 17.6 Å². The van der Waals surface area contributed by atoms with Gasteiger partial charge in [0.1, 0.15) is 5.75 Å². The maximum absolute atomic E-state index is 5.64. The first-order valence-corrected chi connectivity index (χ1v) is 7.46. The molecule has 0 amide bonds. The zero-order valence-electron chi connectivity index (χ0n) is 12.1. The SMILES string of the molecule is COCCNc1ncc(-c2ccc(OC(C)C)cc2)s1. The fraction of sp³-hybridized carbons (Fsp3) is 0.400. The number of ether oxygens (including phenoxy) is 2. The Morgan fingerprint density at radius 1 is 1.25 bits per heavy atom. The number of anilines is 1. The first-order chi connectivity index (χ1) is 9.69. The second-order valence-electron chi connectivity index (χ2n) is 4.64. The Bertz CT molecular complexity index is 523. The normalized spacial score (nSPS) is 10.8. The number of nitrogens with one attached hydrogen (secondary N) is 1.